The van der Waals surface area contributed by atoms with Gasteiger partial charge in [-0.15, -0.1) is 0 Å². The van der Waals surface area contributed by atoms with Crippen molar-refractivity contribution in [3.63, 3.8) is 0 Å². The molecule has 1 aliphatic heterocycles. The highest BCUT2D eigenvalue weighted by molar-refractivity contribution is 7.99. The number of aliphatic carboxylic acids is 1. The summed E-state index contributed by atoms with van der Waals surface area (Å²) in [6.07, 6.45) is 10.1. The van der Waals surface area contributed by atoms with Gasteiger partial charge in [0, 0.05) is 31.0 Å². The average molecular weight is 287 g/mol. The van der Waals surface area contributed by atoms with Gasteiger partial charge < -0.3 is 10.0 Å². The van der Waals surface area contributed by atoms with Crippen LogP contribution in [0.15, 0.2) is 0 Å². The molecule has 3 nitrogen and oxygen atoms in total. The zero-order valence-electron chi connectivity index (χ0n) is 12.1. The fourth-order valence-electron chi connectivity index (χ4n) is 2.50. The van der Waals surface area contributed by atoms with Gasteiger partial charge in [0.05, 0.1) is 0 Å². The zero-order valence-corrected chi connectivity index (χ0v) is 12.9. The van der Waals surface area contributed by atoms with Gasteiger partial charge in [-0.25, -0.2) is 0 Å². The minimum atomic E-state index is -0.656. The van der Waals surface area contributed by atoms with E-state index in [1.807, 2.05) is 0 Å². The molecule has 0 aliphatic carbocycles. The van der Waals surface area contributed by atoms with E-state index in [9.17, 15) is 4.79 Å². The van der Waals surface area contributed by atoms with Crippen LogP contribution in [0.1, 0.15) is 57.8 Å². The third kappa shape index (κ3) is 10.3. The van der Waals surface area contributed by atoms with Crippen molar-refractivity contribution < 1.29 is 9.90 Å². The minimum absolute atomic E-state index is 0.341. The Hall–Kier alpha value is -0.220. The first-order valence-electron chi connectivity index (χ1n) is 7.81. The molecule has 0 saturated carbocycles. The van der Waals surface area contributed by atoms with Crippen molar-refractivity contribution in [2.45, 2.75) is 57.8 Å². The second kappa shape index (κ2) is 11.6. The number of rotatable bonds is 11. The van der Waals surface area contributed by atoms with Crippen LogP contribution < -0.4 is 0 Å². The fourth-order valence-corrected chi connectivity index (χ4v) is 3.48. The van der Waals surface area contributed by atoms with E-state index in [1.54, 1.807) is 0 Å². The Balaban J connectivity index is 1.74. The summed E-state index contributed by atoms with van der Waals surface area (Å²) in [4.78, 5) is 12.9. The Bertz CT molecular complexity index is 230. The summed E-state index contributed by atoms with van der Waals surface area (Å²) >= 11 is 2.08. The molecule has 1 aliphatic rings. The Morgan fingerprint density at radius 2 is 1.42 bits per heavy atom. The molecule has 0 aromatic heterocycles. The highest BCUT2D eigenvalue weighted by Gasteiger charge is 2.08. The van der Waals surface area contributed by atoms with Crippen LogP contribution >= 0.6 is 11.8 Å². The standard InChI is InChI=1S/C15H29NO2S/c17-15(18)9-7-5-3-1-2-4-6-8-10-16-11-13-19-14-12-16/h1-14H2,(H,17,18). The van der Waals surface area contributed by atoms with Crippen molar-refractivity contribution >= 4 is 17.7 Å². The molecule has 0 bridgehead atoms. The van der Waals surface area contributed by atoms with Crippen molar-refractivity contribution in [2.75, 3.05) is 31.1 Å². The molecule has 0 unspecified atom stereocenters. The average Bonchev–Trinajstić information content (AvgIpc) is 2.42. The number of hydrogen-bond acceptors (Lipinski definition) is 3. The molecular formula is C15H29NO2S. The number of unbranched alkanes of at least 4 members (excludes halogenated alkanes) is 7. The van der Waals surface area contributed by atoms with Crippen LogP contribution in [-0.2, 0) is 4.79 Å². The third-order valence-electron chi connectivity index (χ3n) is 3.72. The van der Waals surface area contributed by atoms with Crippen LogP contribution in [0.25, 0.3) is 0 Å². The molecular weight excluding hydrogens is 258 g/mol. The van der Waals surface area contributed by atoms with Gasteiger partial charge >= 0.3 is 5.97 Å². The molecule has 1 saturated heterocycles. The van der Waals surface area contributed by atoms with Gasteiger partial charge in [-0.3, -0.25) is 4.79 Å². The second-order valence-corrected chi connectivity index (χ2v) is 6.65. The van der Waals surface area contributed by atoms with E-state index in [2.05, 4.69) is 16.7 Å². The molecule has 4 heteroatoms. The number of carbonyl (C=O) groups is 1. The van der Waals surface area contributed by atoms with Gasteiger partial charge in [-0.1, -0.05) is 38.5 Å². The van der Waals surface area contributed by atoms with Crippen molar-refractivity contribution in [3.8, 4) is 0 Å². The predicted molar refractivity (Wildman–Crippen MR) is 83.0 cm³/mol. The number of carboxylic acid groups (broad SMARTS) is 1. The van der Waals surface area contributed by atoms with Crippen LogP contribution in [0.3, 0.4) is 0 Å². The first-order chi connectivity index (χ1) is 9.29. The molecule has 1 N–H and O–H groups in total. The van der Waals surface area contributed by atoms with E-state index >= 15 is 0 Å². The van der Waals surface area contributed by atoms with Gasteiger partial charge in [0.2, 0.25) is 0 Å². The largest absolute Gasteiger partial charge is 0.481 e. The zero-order chi connectivity index (χ0) is 13.8. The minimum Gasteiger partial charge on any atom is -0.481 e. The van der Waals surface area contributed by atoms with Crippen LogP contribution in [0.4, 0.5) is 0 Å². The number of nitrogens with zero attached hydrogens (tertiary/aromatic N) is 1. The number of hydrogen-bond donors (Lipinski definition) is 1. The second-order valence-electron chi connectivity index (χ2n) is 5.43. The lowest BCUT2D eigenvalue weighted by molar-refractivity contribution is -0.137. The van der Waals surface area contributed by atoms with E-state index in [4.69, 9.17) is 5.11 Å². The summed E-state index contributed by atoms with van der Waals surface area (Å²) in [6.45, 7) is 3.86. The van der Waals surface area contributed by atoms with Crippen LogP contribution in [0.2, 0.25) is 0 Å². The van der Waals surface area contributed by atoms with Gasteiger partial charge in [-0.2, -0.15) is 11.8 Å². The quantitative estimate of drug-likeness (QED) is 0.589. The summed E-state index contributed by atoms with van der Waals surface area (Å²) in [5.41, 5.74) is 0. The summed E-state index contributed by atoms with van der Waals surface area (Å²) in [5.74, 6) is 1.98. The highest BCUT2D eigenvalue weighted by Crippen LogP contribution is 2.12. The summed E-state index contributed by atoms with van der Waals surface area (Å²) < 4.78 is 0. The molecule has 0 aromatic carbocycles. The molecule has 0 atom stereocenters. The van der Waals surface area contributed by atoms with E-state index in [-0.39, 0.29) is 0 Å². The molecule has 0 spiro atoms. The van der Waals surface area contributed by atoms with Crippen LogP contribution in [0, 0.1) is 0 Å². The maximum absolute atomic E-state index is 10.3. The highest BCUT2D eigenvalue weighted by atomic mass is 32.2. The molecule has 1 heterocycles. The van der Waals surface area contributed by atoms with Crippen molar-refractivity contribution in [1.29, 1.82) is 0 Å². The summed E-state index contributed by atoms with van der Waals surface area (Å²) in [7, 11) is 0. The molecule has 1 fully saturated rings. The summed E-state index contributed by atoms with van der Waals surface area (Å²) in [5, 5.41) is 8.52. The Kier molecular flexibility index (Phi) is 10.3. The SMILES string of the molecule is O=C(O)CCCCCCCCCCN1CCSCC1. The first kappa shape index (κ1) is 16.8. The normalized spacial score (nSPS) is 16.6. The molecule has 0 aromatic rings. The molecule has 1 rings (SSSR count). The molecule has 0 radical (unpaired) electrons. The van der Waals surface area contributed by atoms with Crippen molar-refractivity contribution in [3.05, 3.63) is 0 Å². The summed E-state index contributed by atoms with van der Waals surface area (Å²) in [6, 6.07) is 0. The van der Waals surface area contributed by atoms with Crippen molar-refractivity contribution in [2.24, 2.45) is 0 Å². The third-order valence-corrected chi connectivity index (χ3v) is 4.66. The lowest BCUT2D eigenvalue weighted by atomic mass is 10.1. The van der Waals surface area contributed by atoms with E-state index < -0.39 is 5.97 Å². The van der Waals surface area contributed by atoms with Gasteiger partial charge in [0.1, 0.15) is 0 Å². The topological polar surface area (TPSA) is 40.5 Å². The number of carboxylic acids is 1. The Morgan fingerprint density at radius 3 is 2.00 bits per heavy atom. The predicted octanol–water partition coefficient (Wildman–Crippen LogP) is 3.63. The maximum atomic E-state index is 10.3. The number of thioether (sulfide) groups is 1. The lowest BCUT2D eigenvalue weighted by Crippen LogP contribution is -2.33. The van der Waals surface area contributed by atoms with E-state index in [1.165, 1.54) is 69.7 Å². The molecule has 19 heavy (non-hydrogen) atoms. The van der Waals surface area contributed by atoms with Gasteiger partial charge in [-0.05, 0) is 19.4 Å². The first-order valence-corrected chi connectivity index (χ1v) is 8.96. The Labute approximate surface area is 122 Å². The monoisotopic (exact) mass is 287 g/mol. The Morgan fingerprint density at radius 1 is 0.895 bits per heavy atom. The molecule has 0 amide bonds. The fraction of sp³-hybridized carbons (Fsp3) is 0.933. The van der Waals surface area contributed by atoms with Crippen LogP contribution in [0.5, 0.6) is 0 Å². The van der Waals surface area contributed by atoms with Gasteiger partial charge in [0.25, 0.3) is 0 Å². The maximum Gasteiger partial charge on any atom is 0.303 e. The van der Waals surface area contributed by atoms with E-state index in [0.717, 1.165) is 12.8 Å². The van der Waals surface area contributed by atoms with Crippen molar-refractivity contribution in [1.82, 2.24) is 4.90 Å². The lowest BCUT2D eigenvalue weighted by Gasteiger charge is -2.25. The molecule has 112 valence electrons. The smallest absolute Gasteiger partial charge is 0.303 e. The van der Waals surface area contributed by atoms with Crippen LogP contribution in [-0.4, -0.2) is 47.1 Å². The van der Waals surface area contributed by atoms with Gasteiger partial charge in [0.15, 0.2) is 0 Å². The van der Waals surface area contributed by atoms with E-state index in [0.29, 0.717) is 6.42 Å².